The summed E-state index contributed by atoms with van der Waals surface area (Å²) in [6.07, 6.45) is 0. The molecule has 0 aliphatic carbocycles. The number of benzene rings is 2. The average Bonchev–Trinajstić information content (AvgIpc) is 2.65. The van der Waals surface area contributed by atoms with Crippen LogP contribution in [-0.4, -0.2) is 48.4 Å². The van der Waals surface area contributed by atoms with E-state index in [1.54, 1.807) is 4.90 Å². The fourth-order valence-corrected chi connectivity index (χ4v) is 2.81. The van der Waals surface area contributed by atoms with Crippen molar-refractivity contribution in [3.05, 3.63) is 69.3 Å². The predicted molar refractivity (Wildman–Crippen MR) is 104 cm³/mol. The summed E-state index contributed by atoms with van der Waals surface area (Å²) >= 11 is 0. The number of rotatable bonds is 8. The van der Waals surface area contributed by atoms with Gasteiger partial charge in [0.15, 0.2) is 0 Å². The molecule has 0 saturated heterocycles. The van der Waals surface area contributed by atoms with Gasteiger partial charge in [-0.25, -0.2) is 0 Å². The molecule has 2 aromatic carbocycles. The first kappa shape index (κ1) is 20.4. The van der Waals surface area contributed by atoms with E-state index in [0.29, 0.717) is 18.8 Å². The number of hydrogen-bond acceptors (Lipinski definition) is 5. The molecule has 0 radical (unpaired) electrons. The van der Waals surface area contributed by atoms with Crippen LogP contribution >= 0.6 is 0 Å². The highest BCUT2D eigenvalue weighted by atomic mass is 16.6. The smallest absolute Gasteiger partial charge is 0.282 e. The molecule has 0 atom stereocenters. The van der Waals surface area contributed by atoms with E-state index in [0.717, 1.165) is 12.1 Å². The Bertz CT molecular complexity index is 803. The van der Waals surface area contributed by atoms with Crippen LogP contribution in [0.15, 0.2) is 42.5 Å². The van der Waals surface area contributed by atoms with E-state index in [4.69, 9.17) is 4.74 Å². The van der Waals surface area contributed by atoms with Gasteiger partial charge in [-0.05, 0) is 44.3 Å². The molecule has 0 fully saturated rings. The molecule has 27 heavy (non-hydrogen) atoms. The molecule has 0 spiro atoms. The minimum atomic E-state index is -0.545. The van der Waals surface area contributed by atoms with Crippen LogP contribution < -0.4 is 4.74 Å². The highest BCUT2D eigenvalue weighted by molar-refractivity contribution is 5.98. The maximum atomic E-state index is 12.9. The van der Waals surface area contributed by atoms with Gasteiger partial charge >= 0.3 is 0 Å². The Balaban J connectivity index is 2.24. The van der Waals surface area contributed by atoms with E-state index in [1.807, 2.05) is 45.3 Å². The van der Waals surface area contributed by atoms with Gasteiger partial charge in [0, 0.05) is 25.7 Å². The number of methoxy groups -OCH3 is 1. The Morgan fingerprint density at radius 3 is 2.15 bits per heavy atom. The number of ether oxygens (including phenoxy) is 1. The van der Waals surface area contributed by atoms with Crippen LogP contribution in [0.5, 0.6) is 5.75 Å². The number of carbonyl (C=O) groups excluding carboxylic acids is 1. The molecule has 144 valence electrons. The Kier molecular flexibility index (Phi) is 6.90. The third-order valence-electron chi connectivity index (χ3n) is 4.19. The molecular weight excluding hydrogens is 346 g/mol. The van der Waals surface area contributed by atoms with Gasteiger partial charge in [-0.1, -0.05) is 24.3 Å². The predicted octanol–water partition coefficient (Wildman–Crippen LogP) is 3.33. The van der Waals surface area contributed by atoms with Crippen LogP contribution in [0, 0.1) is 10.1 Å². The molecule has 0 N–H and O–H groups in total. The highest BCUT2D eigenvalue weighted by Gasteiger charge is 2.25. The second-order valence-corrected chi connectivity index (χ2v) is 6.51. The zero-order valence-electron chi connectivity index (χ0n) is 16.1. The lowest BCUT2D eigenvalue weighted by Gasteiger charge is -2.21. The van der Waals surface area contributed by atoms with Crippen molar-refractivity contribution in [2.45, 2.75) is 20.0 Å². The maximum Gasteiger partial charge on any atom is 0.282 e. The number of nitro groups is 1. The van der Waals surface area contributed by atoms with E-state index in [2.05, 4.69) is 4.90 Å². The van der Waals surface area contributed by atoms with E-state index in [-0.39, 0.29) is 17.2 Å². The summed E-state index contributed by atoms with van der Waals surface area (Å²) < 4.78 is 5.12. The Morgan fingerprint density at radius 2 is 1.67 bits per heavy atom. The summed E-state index contributed by atoms with van der Waals surface area (Å²) in [5.74, 6) is 0.0218. The van der Waals surface area contributed by atoms with Crippen molar-refractivity contribution in [1.82, 2.24) is 9.80 Å². The number of nitrogens with zero attached hydrogens (tertiary/aromatic N) is 3. The van der Waals surface area contributed by atoms with Gasteiger partial charge < -0.3 is 14.5 Å². The molecule has 0 unspecified atom stereocenters. The standard InChI is InChI=1S/C20H25N3O4/c1-5-22(14-16-8-6-15(7-9-16)13-21(2)3)20(24)18-12-17(27-4)10-11-19(18)23(25)26/h6-12H,5,13-14H2,1-4H3. The Hall–Kier alpha value is -2.93. The fourth-order valence-electron chi connectivity index (χ4n) is 2.81. The number of hydrogen-bond donors (Lipinski definition) is 0. The first-order valence-corrected chi connectivity index (χ1v) is 8.70. The summed E-state index contributed by atoms with van der Waals surface area (Å²) in [6, 6.07) is 12.2. The van der Waals surface area contributed by atoms with E-state index in [9.17, 15) is 14.9 Å². The molecule has 0 aromatic heterocycles. The van der Waals surface area contributed by atoms with E-state index >= 15 is 0 Å². The minimum absolute atomic E-state index is 0.0328. The van der Waals surface area contributed by atoms with Crippen molar-refractivity contribution in [1.29, 1.82) is 0 Å². The van der Waals surface area contributed by atoms with Crippen molar-refractivity contribution < 1.29 is 14.5 Å². The molecule has 0 aliphatic heterocycles. The summed E-state index contributed by atoms with van der Waals surface area (Å²) in [4.78, 5) is 27.4. The summed E-state index contributed by atoms with van der Waals surface area (Å²) in [7, 11) is 5.47. The molecule has 0 bridgehead atoms. The van der Waals surface area contributed by atoms with Gasteiger partial charge in [0.05, 0.1) is 12.0 Å². The van der Waals surface area contributed by atoms with Crippen molar-refractivity contribution in [3.8, 4) is 5.75 Å². The SMILES string of the molecule is CCN(Cc1ccc(CN(C)C)cc1)C(=O)c1cc(OC)ccc1[N+](=O)[O-]. The molecule has 7 nitrogen and oxygen atoms in total. The third-order valence-corrected chi connectivity index (χ3v) is 4.19. The molecule has 2 aromatic rings. The van der Waals surface area contributed by atoms with Crippen LogP contribution in [0.25, 0.3) is 0 Å². The quantitative estimate of drug-likeness (QED) is 0.525. The second-order valence-electron chi connectivity index (χ2n) is 6.51. The van der Waals surface area contributed by atoms with Crippen molar-refractivity contribution in [2.75, 3.05) is 27.7 Å². The molecule has 0 aliphatic rings. The topological polar surface area (TPSA) is 75.9 Å². The third kappa shape index (κ3) is 5.27. The number of nitro benzene ring substituents is 1. The van der Waals surface area contributed by atoms with Gasteiger partial charge in [-0.3, -0.25) is 14.9 Å². The molecule has 2 rings (SSSR count). The fraction of sp³-hybridized carbons (Fsp3) is 0.350. The van der Waals surface area contributed by atoms with Gasteiger partial charge in [0.1, 0.15) is 11.3 Å². The molecule has 7 heteroatoms. The van der Waals surface area contributed by atoms with Crippen LogP contribution in [0.3, 0.4) is 0 Å². The summed E-state index contributed by atoms with van der Waals surface area (Å²) in [6.45, 7) is 3.51. The average molecular weight is 371 g/mol. The number of amides is 1. The minimum Gasteiger partial charge on any atom is -0.497 e. The molecule has 0 heterocycles. The lowest BCUT2D eigenvalue weighted by atomic mass is 10.1. The van der Waals surface area contributed by atoms with Gasteiger partial charge in [0.2, 0.25) is 0 Å². The van der Waals surface area contributed by atoms with Crippen LogP contribution in [0.4, 0.5) is 5.69 Å². The summed E-state index contributed by atoms with van der Waals surface area (Å²) in [5, 5.41) is 11.3. The summed E-state index contributed by atoms with van der Waals surface area (Å²) in [5.41, 5.74) is 1.96. The van der Waals surface area contributed by atoms with Gasteiger partial charge in [-0.15, -0.1) is 0 Å². The number of carbonyl (C=O) groups is 1. The first-order valence-electron chi connectivity index (χ1n) is 8.70. The molecule has 1 amide bonds. The second kappa shape index (κ2) is 9.14. The highest BCUT2D eigenvalue weighted by Crippen LogP contribution is 2.26. The Labute approximate surface area is 159 Å². The molecule has 0 saturated carbocycles. The van der Waals surface area contributed by atoms with Crippen molar-refractivity contribution in [3.63, 3.8) is 0 Å². The maximum absolute atomic E-state index is 12.9. The van der Waals surface area contributed by atoms with Crippen LogP contribution in [-0.2, 0) is 13.1 Å². The zero-order valence-corrected chi connectivity index (χ0v) is 16.1. The van der Waals surface area contributed by atoms with Crippen molar-refractivity contribution in [2.24, 2.45) is 0 Å². The van der Waals surface area contributed by atoms with Gasteiger partial charge in [0.25, 0.3) is 11.6 Å². The lowest BCUT2D eigenvalue weighted by molar-refractivity contribution is -0.385. The first-order chi connectivity index (χ1) is 12.8. The van der Waals surface area contributed by atoms with Crippen molar-refractivity contribution >= 4 is 11.6 Å². The van der Waals surface area contributed by atoms with Crippen LogP contribution in [0.2, 0.25) is 0 Å². The van der Waals surface area contributed by atoms with Crippen LogP contribution in [0.1, 0.15) is 28.4 Å². The zero-order chi connectivity index (χ0) is 20.0. The Morgan fingerprint density at radius 1 is 1.07 bits per heavy atom. The largest absolute Gasteiger partial charge is 0.497 e. The van der Waals surface area contributed by atoms with E-state index in [1.165, 1.54) is 30.9 Å². The lowest BCUT2D eigenvalue weighted by Crippen LogP contribution is -2.30. The molecular formula is C20H25N3O4. The monoisotopic (exact) mass is 371 g/mol. The normalized spacial score (nSPS) is 10.7. The van der Waals surface area contributed by atoms with Gasteiger partial charge in [-0.2, -0.15) is 0 Å². The van der Waals surface area contributed by atoms with E-state index < -0.39 is 4.92 Å².